The van der Waals surface area contributed by atoms with Crippen molar-refractivity contribution >= 4 is 12.1 Å². The zero-order chi connectivity index (χ0) is 14.5. The molecule has 1 heterocycles. The van der Waals surface area contributed by atoms with Crippen molar-refractivity contribution in [3.05, 3.63) is 23.3 Å². The zero-order valence-electron chi connectivity index (χ0n) is 11.8. The summed E-state index contributed by atoms with van der Waals surface area (Å²) in [6.45, 7) is 0.807. The third kappa shape index (κ3) is 2.99. The summed E-state index contributed by atoms with van der Waals surface area (Å²) in [5.41, 5.74) is 2.21. The number of methoxy groups -OCH3 is 2. The van der Waals surface area contributed by atoms with Gasteiger partial charge in [0.25, 0.3) is 0 Å². The number of ketones is 1. The van der Waals surface area contributed by atoms with Gasteiger partial charge in [0, 0.05) is 12.5 Å². The largest absolute Gasteiger partial charge is 0.493 e. The summed E-state index contributed by atoms with van der Waals surface area (Å²) in [4.78, 5) is 22.1. The van der Waals surface area contributed by atoms with Crippen molar-refractivity contribution in [1.82, 2.24) is 5.32 Å². The first-order valence-corrected chi connectivity index (χ1v) is 6.63. The summed E-state index contributed by atoms with van der Waals surface area (Å²) >= 11 is 0. The van der Waals surface area contributed by atoms with Crippen LogP contribution in [0.5, 0.6) is 11.5 Å². The molecule has 1 N–H and O–H groups in total. The van der Waals surface area contributed by atoms with E-state index in [-0.39, 0.29) is 18.2 Å². The number of nitrogens with one attached hydrogen (secondary N) is 1. The van der Waals surface area contributed by atoms with Gasteiger partial charge < -0.3 is 19.6 Å². The number of hydrogen-bond donors (Lipinski definition) is 1. The van der Waals surface area contributed by atoms with Crippen LogP contribution in [0.2, 0.25) is 0 Å². The molecule has 5 nitrogen and oxygen atoms in total. The van der Waals surface area contributed by atoms with Crippen molar-refractivity contribution in [3.63, 3.8) is 0 Å². The Balaban J connectivity index is 2.29. The molecule has 0 aliphatic carbocycles. The molecular formula is C15H19NO4. The Labute approximate surface area is 118 Å². The van der Waals surface area contributed by atoms with Crippen molar-refractivity contribution in [2.24, 2.45) is 0 Å². The lowest BCUT2D eigenvalue weighted by Gasteiger charge is -2.27. The Kier molecular flexibility index (Phi) is 4.74. The number of benzene rings is 1. The van der Waals surface area contributed by atoms with Crippen LogP contribution < -0.4 is 14.8 Å². The fourth-order valence-corrected chi connectivity index (χ4v) is 2.55. The summed E-state index contributed by atoms with van der Waals surface area (Å²) in [6.07, 6.45) is 1.83. The van der Waals surface area contributed by atoms with Gasteiger partial charge in [-0.15, -0.1) is 0 Å². The third-order valence-corrected chi connectivity index (χ3v) is 3.55. The van der Waals surface area contributed by atoms with E-state index >= 15 is 0 Å². The van der Waals surface area contributed by atoms with Crippen LogP contribution in [0.4, 0.5) is 0 Å². The van der Waals surface area contributed by atoms with Gasteiger partial charge in [-0.2, -0.15) is 0 Å². The number of carbonyl (C=O) groups excluding carboxylic acids is 2. The minimum atomic E-state index is -0.0639. The number of hydrogen-bond acceptors (Lipinski definition) is 5. The molecule has 1 aliphatic heterocycles. The van der Waals surface area contributed by atoms with E-state index in [0.29, 0.717) is 24.2 Å². The minimum Gasteiger partial charge on any atom is -0.493 e. The molecule has 0 fully saturated rings. The standard InChI is InChI=1S/C15H19NO4/c1-19-14-7-10-3-5-16-13(8-11(18)4-6-17)12(10)9-15(14)20-2/h6-7,9,13,16H,3-5,8H2,1-2H3. The average Bonchev–Trinajstić information content (AvgIpc) is 2.46. The molecule has 0 spiro atoms. The van der Waals surface area contributed by atoms with Crippen LogP contribution in [-0.4, -0.2) is 32.8 Å². The van der Waals surface area contributed by atoms with Gasteiger partial charge in [-0.05, 0) is 36.2 Å². The third-order valence-electron chi connectivity index (χ3n) is 3.55. The second-order valence-electron chi connectivity index (χ2n) is 4.78. The van der Waals surface area contributed by atoms with Gasteiger partial charge in [-0.25, -0.2) is 0 Å². The fraction of sp³-hybridized carbons (Fsp3) is 0.467. The normalized spacial score (nSPS) is 17.2. The smallest absolute Gasteiger partial charge is 0.161 e. The molecule has 1 aromatic carbocycles. The van der Waals surface area contributed by atoms with Crippen LogP contribution in [0.1, 0.15) is 30.0 Å². The molecule has 0 bridgehead atoms. The quantitative estimate of drug-likeness (QED) is 0.629. The Morgan fingerprint density at radius 2 is 2.05 bits per heavy atom. The summed E-state index contributed by atoms with van der Waals surface area (Å²) in [5.74, 6) is 1.30. The number of ether oxygens (including phenoxy) is 2. The second kappa shape index (κ2) is 6.52. The molecule has 0 aromatic heterocycles. The number of carbonyl (C=O) groups is 2. The summed E-state index contributed by atoms with van der Waals surface area (Å²) < 4.78 is 10.6. The van der Waals surface area contributed by atoms with Gasteiger partial charge in [0.15, 0.2) is 11.5 Å². The SMILES string of the molecule is COc1cc2c(cc1OC)C(CC(=O)CC=O)NCC2. The Bertz CT molecular complexity index is 513. The van der Waals surface area contributed by atoms with Crippen LogP contribution in [0.3, 0.4) is 0 Å². The van der Waals surface area contributed by atoms with Crippen molar-refractivity contribution in [2.75, 3.05) is 20.8 Å². The van der Waals surface area contributed by atoms with Crippen LogP contribution in [0.15, 0.2) is 12.1 Å². The van der Waals surface area contributed by atoms with Crippen molar-refractivity contribution in [2.45, 2.75) is 25.3 Å². The van der Waals surface area contributed by atoms with E-state index in [4.69, 9.17) is 9.47 Å². The first-order valence-electron chi connectivity index (χ1n) is 6.63. The van der Waals surface area contributed by atoms with Crippen molar-refractivity contribution < 1.29 is 19.1 Å². The van der Waals surface area contributed by atoms with Crippen molar-refractivity contribution in [1.29, 1.82) is 0 Å². The van der Waals surface area contributed by atoms with E-state index < -0.39 is 0 Å². The first kappa shape index (κ1) is 14.5. The van der Waals surface area contributed by atoms with Gasteiger partial charge >= 0.3 is 0 Å². The van der Waals surface area contributed by atoms with Crippen molar-refractivity contribution in [3.8, 4) is 11.5 Å². The molecule has 5 heteroatoms. The van der Waals surface area contributed by atoms with E-state index in [1.165, 1.54) is 0 Å². The lowest BCUT2D eigenvalue weighted by molar-refractivity contribution is -0.122. The maximum absolute atomic E-state index is 11.7. The predicted molar refractivity (Wildman–Crippen MR) is 74.3 cm³/mol. The average molecular weight is 277 g/mol. The highest BCUT2D eigenvalue weighted by molar-refractivity contribution is 5.90. The molecule has 20 heavy (non-hydrogen) atoms. The molecule has 0 saturated carbocycles. The Morgan fingerprint density at radius 1 is 1.35 bits per heavy atom. The number of Topliss-reactive ketones (excluding diaryl/α,β-unsaturated/α-hetero) is 1. The highest BCUT2D eigenvalue weighted by atomic mass is 16.5. The summed E-state index contributed by atoms with van der Waals surface area (Å²) in [7, 11) is 3.20. The summed E-state index contributed by atoms with van der Waals surface area (Å²) in [6, 6.07) is 3.82. The van der Waals surface area contributed by atoms with Gasteiger partial charge in [0.1, 0.15) is 12.1 Å². The van der Waals surface area contributed by atoms with Crippen LogP contribution >= 0.6 is 0 Å². The second-order valence-corrected chi connectivity index (χ2v) is 4.78. The number of rotatable bonds is 6. The van der Waals surface area contributed by atoms with Gasteiger partial charge in [0.2, 0.25) is 0 Å². The maximum Gasteiger partial charge on any atom is 0.161 e. The first-order chi connectivity index (χ1) is 9.69. The monoisotopic (exact) mass is 277 g/mol. The molecular weight excluding hydrogens is 258 g/mol. The number of fused-ring (bicyclic) bond motifs is 1. The molecule has 0 amide bonds. The minimum absolute atomic E-state index is 0.0270. The van der Waals surface area contributed by atoms with E-state index in [1.54, 1.807) is 14.2 Å². The van der Waals surface area contributed by atoms with Gasteiger partial charge in [0.05, 0.1) is 20.6 Å². The highest BCUT2D eigenvalue weighted by Gasteiger charge is 2.24. The van der Waals surface area contributed by atoms with Gasteiger partial charge in [-0.1, -0.05) is 0 Å². The zero-order valence-corrected chi connectivity index (χ0v) is 11.8. The van der Waals surface area contributed by atoms with E-state index in [9.17, 15) is 9.59 Å². The number of aldehydes is 1. The Morgan fingerprint density at radius 3 is 2.70 bits per heavy atom. The molecule has 1 aromatic rings. The predicted octanol–water partition coefficient (Wildman–Crippen LogP) is 1.44. The summed E-state index contributed by atoms with van der Waals surface area (Å²) in [5, 5.41) is 3.32. The molecule has 2 rings (SSSR count). The maximum atomic E-state index is 11.7. The highest BCUT2D eigenvalue weighted by Crippen LogP contribution is 2.36. The van der Waals surface area contributed by atoms with Gasteiger partial charge in [-0.3, -0.25) is 4.79 Å². The molecule has 1 atom stereocenters. The van der Waals surface area contributed by atoms with E-state index in [1.807, 2.05) is 12.1 Å². The fourth-order valence-electron chi connectivity index (χ4n) is 2.55. The van der Waals surface area contributed by atoms with E-state index in [2.05, 4.69) is 5.32 Å². The topological polar surface area (TPSA) is 64.6 Å². The lowest BCUT2D eigenvalue weighted by Crippen LogP contribution is -2.31. The Hall–Kier alpha value is -1.88. The lowest BCUT2D eigenvalue weighted by atomic mass is 9.90. The molecule has 108 valence electrons. The molecule has 1 aliphatic rings. The van der Waals surface area contributed by atoms with Crippen LogP contribution in [0, 0.1) is 0 Å². The van der Waals surface area contributed by atoms with Crippen LogP contribution in [-0.2, 0) is 16.0 Å². The van der Waals surface area contributed by atoms with E-state index in [0.717, 1.165) is 24.1 Å². The molecule has 0 radical (unpaired) electrons. The molecule has 0 saturated heterocycles. The molecule has 1 unspecified atom stereocenters. The van der Waals surface area contributed by atoms with Crippen LogP contribution in [0.25, 0.3) is 0 Å².